The highest BCUT2D eigenvalue weighted by Gasteiger charge is 2.06. The number of hydrogen-bond donors (Lipinski definition) is 4. The highest BCUT2D eigenvalue weighted by atomic mass is 16.5. The van der Waals surface area contributed by atoms with Gasteiger partial charge in [-0.15, -0.1) is 0 Å². The summed E-state index contributed by atoms with van der Waals surface area (Å²) in [6.07, 6.45) is 4.88. The number of carbonyl (C=O) groups is 2. The average molecular weight is 444 g/mol. The van der Waals surface area contributed by atoms with E-state index >= 15 is 0 Å². The minimum Gasteiger partial charge on any atom is -0.504 e. The number of carbonyl (C=O) groups excluding carboxylic acids is 2. The molecule has 2 rings (SSSR count). The third-order valence-electron chi connectivity index (χ3n) is 3.94. The van der Waals surface area contributed by atoms with Gasteiger partial charge in [0, 0.05) is 0 Å². The van der Waals surface area contributed by atoms with Gasteiger partial charge in [0.2, 0.25) is 0 Å². The number of ketones is 2. The molecule has 4 N–H and O–H groups in total. The molecule has 2 aromatic rings. The number of aliphatic hydroxyl groups excluding tert-OH is 2. The van der Waals surface area contributed by atoms with Crippen LogP contribution < -0.4 is 9.47 Å². The Morgan fingerprint density at radius 2 is 1.25 bits per heavy atom. The molecule has 0 heterocycles. The predicted molar refractivity (Wildman–Crippen MR) is 121 cm³/mol. The molecule has 0 saturated carbocycles. The van der Waals surface area contributed by atoms with Gasteiger partial charge in [0.25, 0.3) is 0 Å². The largest absolute Gasteiger partial charge is 0.504 e. The first-order chi connectivity index (χ1) is 15.2. The van der Waals surface area contributed by atoms with E-state index < -0.39 is 6.10 Å². The van der Waals surface area contributed by atoms with Crippen molar-refractivity contribution in [3.63, 3.8) is 0 Å². The Hall–Kier alpha value is -3.62. The Morgan fingerprint density at radius 1 is 0.875 bits per heavy atom. The lowest BCUT2D eigenvalue weighted by molar-refractivity contribution is -0.121. The summed E-state index contributed by atoms with van der Waals surface area (Å²) < 4.78 is 10.00. The smallest absolute Gasteiger partial charge is 0.163 e. The van der Waals surface area contributed by atoms with Gasteiger partial charge in [0.1, 0.15) is 0 Å². The van der Waals surface area contributed by atoms with Crippen LogP contribution in [0.4, 0.5) is 0 Å². The molecule has 32 heavy (non-hydrogen) atoms. The summed E-state index contributed by atoms with van der Waals surface area (Å²) in [6.45, 7) is 1.39. The van der Waals surface area contributed by atoms with Crippen molar-refractivity contribution in [2.45, 2.75) is 19.4 Å². The maximum absolute atomic E-state index is 11.9. The molecule has 1 atom stereocenters. The lowest BCUT2D eigenvalue weighted by Gasteiger charge is -2.03. The van der Waals surface area contributed by atoms with Crippen LogP contribution in [-0.2, 0) is 9.59 Å². The monoisotopic (exact) mass is 444 g/mol. The summed E-state index contributed by atoms with van der Waals surface area (Å²) in [5.41, 5.74) is 1.33. The van der Waals surface area contributed by atoms with Crippen LogP contribution in [0, 0.1) is 0 Å². The highest BCUT2D eigenvalue weighted by molar-refractivity contribution is 6.10. The minimum absolute atomic E-state index is 0.00662. The van der Waals surface area contributed by atoms with E-state index in [1.807, 2.05) is 0 Å². The lowest BCUT2D eigenvalue weighted by atomic mass is 10.1. The number of hydrogen-bond acceptors (Lipinski definition) is 8. The van der Waals surface area contributed by atoms with Crippen LogP contribution in [0.25, 0.3) is 12.2 Å². The Morgan fingerprint density at radius 3 is 1.56 bits per heavy atom. The second-order valence-electron chi connectivity index (χ2n) is 6.67. The summed E-state index contributed by atoms with van der Waals surface area (Å²) >= 11 is 0. The molecule has 0 aliphatic heterocycles. The van der Waals surface area contributed by atoms with E-state index in [0.29, 0.717) is 22.6 Å². The maximum Gasteiger partial charge on any atom is 0.163 e. The van der Waals surface area contributed by atoms with Gasteiger partial charge in [-0.25, -0.2) is 0 Å². The molecule has 0 saturated heterocycles. The van der Waals surface area contributed by atoms with Crippen molar-refractivity contribution in [2.24, 2.45) is 0 Å². The van der Waals surface area contributed by atoms with Gasteiger partial charge in [-0.2, -0.15) is 0 Å². The fourth-order valence-electron chi connectivity index (χ4n) is 2.26. The molecule has 2 aromatic carbocycles. The van der Waals surface area contributed by atoms with E-state index in [-0.39, 0.29) is 36.1 Å². The van der Waals surface area contributed by atoms with Crippen LogP contribution in [0.15, 0.2) is 48.6 Å². The molecule has 8 nitrogen and oxygen atoms in total. The molecule has 0 aliphatic carbocycles. The number of aromatic hydroxyl groups is 2. The van der Waals surface area contributed by atoms with Crippen LogP contribution in [0.5, 0.6) is 23.0 Å². The molecular formula is C24H28O8. The van der Waals surface area contributed by atoms with Crippen molar-refractivity contribution in [2.75, 3.05) is 20.8 Å². The van der Waals surface area contributed by atoms with Crippen LogP contribution in [0.3, 0.4) is 0 Å². The van der Waals surface area contributed by atoms with E-state index in [1.54, 1.807) is 36.4 Å². The summed E-state index contributed by atoms with van der Waals surface area (Å²) in [5.74, 6) is -0.0832. The third kappa shape index (κ3) is 9.46. The van der Waals surface area contributed by atoms with E-state index in [1.165, 1.54) is 45.4 Å². The molecular weight excluding hydrogens is 416 g/mol. The van der Waals surface area contributed by atoms with Gasteiger partial charge in [-0.1, -0.05) is 24.3 Å². The van der Waals surface area contributed by atoms with Gasteiger partial charge in [-0.3, -0.25) is 9.59 Å². The number of methoxy groups -OCH3 is 2. The Balaban J connectivity index is 0.000000920. The maximum atomic E-state index is 11.9. The average Bonchev–Trinajstić information content (AvgIpc) is 2.78. The van der Waals surface area contributed by atoms with Crippen molar-refractivity contribution >= 4 is 23.7 Å². The summed E-state index contributed by atoms with van der Waals surface area (Å²) in [7, 11) is 2.87. The molecule has 0 aromatic heterocycles. The number of allylic oxidation sites excluding steroid dienone is 2. The minimum atomic E-state index is -0.560. The second-order valence-corrected chi connectivity index (χ2v) is 6.67. The summed E-state index contributed by atoms with van der Waals surface area (Å²) in [5, 5.41) is 35.1. The molecule has 0 spiro atoms. The van der Waals surface area contributed by atoms with Crippen LogP contribution >= 0.6 is 0 Å². The zero-order chi connectivity index (χ0) is 24.1. The van der Waals surface area contributed by atoms with Crippen LogP contribution in [0.1, 0.15) is 24.5 Å². The number of phenols is 2. The predicted octanol–water partition coefficient (Wildman–Crippen LogP) is 2.73. The highest BCUT2D eigenvalue weighted by Crippen LogP contribution is 2.27. The van der Waals surface area contributed by atoms with Crippen molar-refractivity contribution in [3.8, 4) is 23.0 Å². The summed E-state index contributed by atoms with van der Waals surface area (Å²) in [4.78, 5) is 23.9. The number of benzene rings is 2. The van der Waals surface area contributed by atoms with Gasteiger partial charge in [0.15, 0.2) is 34.6 Å². The molecule has 0 aliphatic rings. The van der Waals surface area contributed by atoms with Crippen LogP contribution in [-0.4, -0.2) is 58.9 Å². The fraction of sp³-hybridized carbons (Fsp3) is 0.250. The summed E-state index contributed by atoms with van der Waals surface area (Å²) in [6, 6.07) is 9.34. The zero-order valence-electron chi connectivity index (χ0n) is 18.2. The van der Waals surface area contributed by atoms with Crippen molar-refractivity contribution in [1.29, 1.82) is 0 Å². The number of rotatable bonds is 9. The number of phenolic OH excluding ortho intramolecular Hbond substituents is 2. The second kappa shape index (κ2) is 13.6. The topological polar surface area (TPSA) is 134 Å². The normalized spacial score (nSPS) is 11.7. The Kier molecular flexibility index (Phi) is 11.3. The quantitative estimate of drug-likeness (QED) is 0.343. The van der Waals surface area contributed by atoms with Gasteiger partial charge in [0.05, 0.1) is 33.4 Å². The van der Waals surface area contributed by atoms with Crippen molar-refractivity contribution < 1.29 is 39.5 Å². The number of aliphatic hydroxyl groups is 2. The number of ether oxygens (including phenoxy) is 2. The molecule has 0 radical (unpaired) electrons. The van der Waals surface area contributed by atoms with E-state index in [9.17, 15) is 19.8 Å². The van der Waals surface area contributed by atoms with Crippen molar-refractivity contribution in [3.05, 3.63) is 59.7 Å². The van der Waals surface area contributed by atoms with Gasteiger partial charge >= 0.3 is 0 Å². The standard InChI is InChI=1S/C21H20O6.C3H8O2/c1-26-20-11-14(5-9-18(20)24)3-7-16(22)13-17(23)8-4-15-6-10-19(25)21(12-15)27-2;1-3(5)2-4/h3-12,24-25H,13H2,1-2H3;3-5H,2H2,1H3/b7-3+,8-4+;. The SMILES string of the molecule is CC(O)CO.COc1cc(/C=C/C(=O)CC(=O)/C=C/c2ccc(O)c(OC)c2)ccc1O. The van der Waals surface area contributed by atoms with E-state index in [4.69, 9.17) is 19.7 Å². The molecule has 172 valence electrons. The molecule has 1 unspecified atom stereocenters. The first-order valence-electron chi connectivity index (χ1n) is 9.64. The first-order valence-corrected chi connectivity index (χ1v) is 9.64. The van der Waals surface area contributed by atoms with Gasteiger partial charge < -0.3 is 29.9 Å². The lowest BCUT2D eigenvalue weighted by Crippen LogP contribution is -2.03. The first kappa shape index (κ1) is 26.4. The fourth-order valence-corrected chi connectivity index (χ4v) is 2.26. The van der Waals surface area contributed by atoms with E-state index in [0.717, 1.165) is 0 Å². The molecule has 0 bridgehead atoms. The Labute approximate surface area is 186 Å². The van der Waals surface area contributed by atoms with Crippen LogP contribution in [0.2, 0.25) is 0 Å². The van der Waals surface area contributed by atoms with Gasteiger partial charge in [-0.05, 0) is 54.5 Å². The van der Waals surface area contributed by atoms with Crippen molar-refractivity contribution in [1.82, 2.24) is 0 Å². The molecule has 0 fully saturated rings. The van der Waals surface area contributed by atoms with E-state index in [2.05, 4.69) is 0 Å². The zero-order valence-corrected chi connectivity index (χ0v) is 18.2. The Bertz CT molecular complexity index is 887. The molecule has 8 heteroatoms. The molecule has 0 amide bonds. The third-order valence-corrected chi connectivity index (χ3v) is 3.94.